The SMILES string of the molecule is CNc1cc(Cn2cc(-c3cc(C)[nH]c(=S)n3)cc(F)c2=O)ccc1N. The molecule has 0 amide bonds. The molecule has 134 valence electrons. The first-order chi connectivity index (χ1) is 12.4. The molecule has 0 fully saturated rings. The molecule has 0 unspecified atom stereocenters. The van der Waals surface area contributed by atoms with Gasteiger partial charge in [0.15, 0.2) is 10.6 Å². The average molecular weight is 371 g/mol. The molecule has 4 N–H and O–H groups in total. The molecule has 1 aromatic carbocycles. The average Bonchev–Trinajstić information content (AvgIpc) is 2.59. The summed E-state index contributed by atoms with van der Waals surface area (Å²) in [5, 5.41) is 2.99. The van der Waals surface area contributed by atoms with E-state index in [1.807, 2.05) is 13.0 Å². The number of pyridine rings is 1. The highest BCUT2D eigenvalue weighted by atomic mass is 32.1. The van der Waals surface area contributed by atoms with Crippen molar-refractivity contribution in [1.82, 2.24) is 14.5 Å². The molecule has 6 nitrogen and oxygen atoms in total. The van der Waals surface area contributed by atoms with Gasteiger partial charge in [-0.15, -0.1) is 0 Å². The fourth-order valence-corrected chi connectivity index (χ4v) is 2.96. The van der Waals surface area contributed by atoms with E-state index in [9.17, 15) is 9.18 Å². The third kappa shape index (κ3) is 3.65. The van der Waals surface area contributed by atoms with Crippen molar-refractivity contribution in [2.24, 2.45) is 0 Å². The molecule has 2 aromatic heterocycles. The summed E-state index contributed by atoms with van der Waals surface area (Å²) >= 11 is 5.08. The van der Waals surface area contributed by atoms with Crippen LogP contribution in [0.15, 0.2) is 41.3 Å². The summed E-state index contributed by atoms with van der Waals surface area (Å²) in [6.07, 6.45) is 1.58. The van der Waals surface area contributed by atoms with Gasteiger partial charge >= 0.3 is 0 Å². The van der Waals surface area contributed by atoms with Crippen LogP contribution in [0.2, 0.25) is 0 Å². The largest absolute Gasteiger partial charge is 0.397 e. The number of nitrogens with zero attached hydrogens (tertiary/aromatic N) is 2. The zero-order valence-corrected chi connectivity index (χ0v) is 15.2. The van der Waals surface area contributed by atoms with Crippen LogP contribution in [0.3, 0.4) is 0 Å². The minimum Gasteiger partial charge on any atom is -0.397 e. The summed E-state index contributed by atoms with van der Waals surface area (Å²) in [6, 6.07) is 8.30. The lowest BCUT2D eigenvalue weighted by Gasteiger charge is -2.12. The Morgan fingerprint density at radius 2 is 2.12 bits per heavy atom. The van der Waals surface area contributed by atoms with E-state index in [0.717, 1.165) is 16.9 Å². The van der Waals surface area contributed by atoms with Gasteiger partial charge in [-0.05, 0) is 49.0 Å². The van der Waals surface area contributed by atoms with Gasteiger partial charge in [-0.2, -0.15) is 0 Å². The van der Waals surface area contributed by atoms with Crippen LogP contribution < -0.4 is 16.6 Å². The molecule has 0 radical (unpaired) electrons. The molecular weight excluding hydrogens is 353 g/mol. The maximum absolute atomic E-state index is 14.2. The van der Waals surface area contributed by atoms with Crippen molar-refractivity contribution < 1.29 is 4.39 Å². The molecule has 0 atom stereocenters. The summed E-state index contributed by atoms with van der Waals surface area (Å²) in [4.78, 5) is 19.3. The number of hydrogen-bond acceptors (Lipinski definition) is 5. The summed E-state index contributed by atoms with van der Waals surface area (Å²) in [5.74, 6) is -0.843. The molecule has 0 saturated heterocycles. The van der Waals surface area contributed by atoms with Crippen LogP contribution in [0.25, 0.3) is 11.3 Å². The minimum atomic E-state index is -0.843. The third-order valence-electron chi connectivity index (χ3n) is 3.96. The number of halogens is 1. The fourth-order valence-electron chi connectivity index (χ4n) is 2.70. The lowest BCUT2D eigenvalue weighted by molar-refractivity contribution is 0.581. The maximum atomic E-state index is 14.2. The second-order valence-corrected chi connectivity index (χ2v) is 6.32. The topological polar surface area (TPSA) is 88.7 Å². The van der Waals surface area contributed by atoms with Gasteiger partial charge in [-0.3, -0.25) is 4.79 Å². The van der Waals surface area contributed by atoms with Gasteiger partial charge in [-0.25, -0.2) is 9.37 Å². The third-order valence-corrected chi connectivity index (χ3v) is 4.15. The van der Waals surface area contributed by atoms with Crippen molar-refractivity contribution in [1.29, 1.82) is 0 Å². The Morgan fingerprint density at radius 3 is 2.81 bits per heavy atom. The van der Waals surface area contributed by atoms with Gasteiger partial charge in [-0.1, -0.05) is 6.07 Å². The van der Waals surface area contributed by atoms with Gasteiger partial charge in [0, 0.05) is 24.5 Å². The zero-order chi connectivity index (χ0) is 18.8. The summed E-state index contributed by atoms with van der Waals surface area (Å²) < 4.78 is 15.8. The Bertz CT molecular complexity index is 1090. The predicted molar refractivity (Wildman–Crippen MR) is 103 cm³/mol. The second-order valence-electron chi connectivity index (χ2n) is 5.94. The normalized spacial score (nSPS) is 10.7. The number of nitrogen functional groups attached to an aromatic ring is 1. The molecule has 2 heterocycles. The van der Waals surface area contributed by atoms with Crippen molar-refractivity contribution in [3.63, 3.8) is 0 Å². The maximum Gasteiger partial charge on any atom is 0.286 e. The number of rotatable bonds is 4. The number of hydrogen-bond donors (Lipinski definition) is 3. The van der Waals surface area contributed by atoms with Crippen molar-refractivity contribution in [3.8, 4) is 11.3 Å². The van der Waals surface area contributed by atoms with Gasteiger partial charge < -0.3 is 20.6 Å². The van der Waals surface area contributed by atoms with Crippen LogP contribution in [0.1, 0.15) is 11.3 Å². The Labute approximate surface area is 154 Å². The Hall–Kier alpha value is -3.00. The van der Waals surface area contributed by atoms with E-state index in [1.165, 1.54) is 10.6 Å². The number of H-pyrrole nitrogens is 1. The first kappa shape index (κ1) is 17.8. The molecule has 8 heteroatoms. The summed E-state index contributed by atoms with van der Waals surface area (Å²) in [5.41, 5.74) is 9.12. The zero-order valence-electron chi connectivity index (χ0n) is 14.3. The van der Waals surface area contributed by atoms with Crippen molar-refractivity contribution in [2.75, 3.05) is 18.1 Å². The Morgan fingerprint density at radius 1 is 1.35 bits per heavy atom. The van der Waals surface area contributed by atoms with Gasteiger partial charge in [0.1, 0.15) is 0 Å². The van der Waals surface area contributed by atoms with E-state index >= 15 is 0 Å². The molecule has 26 heavy (non-hydrogen) atoms. The number of aryl methyl sites for hydroxylation is 1. The van der Waals surface area contributed by atoms with Crippen molar-refractivity contribution in [3.05, 3.63) is 68.7 Å². The Balaban J connectivity index is 2.06. The van der Waals surface area contributed by atoms with E-state index in [4.69, 9.17) is 18.0 Å². The minimum absolute atomic E-state index is 0.206. The van der Waals surface area contributed by atoms with E-state index < -0.39 is 11.4 Å². The first-order valence-electron chi connectivity index (χ1n) is 7.92. The molecule has 0 spiro atoms. The lowest BCUT2D eigenvalue weighted by atomic mass is 10.1. The number of aromatic nitrogens is 3. The van der Waals surface area contributed by atoms with Crippen molar-refractivity contribution in [2.45, 2.75) is 13.5 Å². The standard InChI is InChI=1S/C18H18FN5OS/c1-10-5-15(23-18(26)22-10)12-7-13(19)17(25)24(9-12)8-11-3-4-14(20)16(6-11)21-2/h3-7,9,21H,8,20H2,1-2H3,(H,22,23,26). The quantitative estimate of drug-likeness (QED) is 0.484. The highest BCUT2D eigenvalue weighted by molar-refractivity contribution is 7.71. The van der Waals surface area contributed by atoms with Gasteiger partial charge in [0.25, 0.3) is 5.56 Å². The number of aromatic amines is 1. The van der Waals surface area contributed by atoms with Gasteiger partial charge in [0.2, 0.25) is 0 Å². The molecular formula is C18H18FN5OS. The molecule has 0 saturated carbocycles. The van der Waals surface area contributed by atoms with E-state index in [0.29, 0.717) is 21.7 Å². The first-order valence-corrected chi connectivity index (χ1v) is 8.32. The number of nitrogens with two attached hydrogens (primary N) is 1. The van der Waals surface area contributed by atoms with Crippen LogP contribution in [0.4, 0.5) is 15.8 Å². The van der Waals surface area contributed by atoms with Crippen LogP contribution in [-0.4, -0.2) is 21.6 Å². The van der Waals surface area contributed by atoms with Crippen molar-refractivity contribution >= 4 is 23.6 Å². The number of benzene rings is 1. The monoisotopic (exact) mass is 371 g/mol. The van der Waals surface area contributed by atoms with E-state index in [2.05, 4.69) is 15.3 Å². The summed E-state index contributed by atoms with van der Waals surface area (Å²) in [7, 11) is 1.76. The molecule has 0 aliphatic rings. The number of anilines is 2. The van der Waals surface area contributed by atoms with E-state index in [1.54, 1.807) is 31.4 Å². The molecule has 3 aromatic rings. The highest BCUT2D eigenvalue weighted by Crippen LogP contribution is 2.21. The lowest BCUT2D eigenvalue weighted by Crippen LogP contribution is -2.23. The molecule has 0 aliphatic heterocycles. The predicted octanol–water partition coefficient (Wildman–Crippen LogP) is 3.09. The highest BCUT2D eigenvalue weighted by Gasteiger charge is 2.11. The van der Waals surface area contributed by atoms with Crippen LogP contribution in [0, 0.1) is 17.5 Å². The van der Waals surface area contributed by atoms with Crippen LogP contribution >= 0.6 is 12.2 Å². The molecule has 0 bridgehead atoms. The second kappa shape index (κ2) is 7.09. The smallest absolute Gasteiger partial charge is 0.286 e. The van der Waals surface area contributed by atoms with Crippen LogP contribution in [0.5, 0.6) is 0 Å². The number of nitrogens with one attached hydrogen (secondary N) is 2. The van der Waals surface area contributed by atoms with E-state index in [-0.39, 0.29) is 6.54 Å². The van der Waals surface area contributed by atoms with Crippen LogP contribution in [-0.2, 0) is 6.54 Å². The fraction of sp³-hybridized carbons (Fsp3) is 0.167. The molecule has 0 aliphatic carbocycles. The molecule has 3 rings (SSSR count). The summed E-state index contributed by atoms with van der Waals surface area (Å²) in [6.45, 7) is 2.04. The van der Waals surface area contributed by atoms with Gasteiger partial charge in [0.05, 0.1) is 23.6 Å². The Kier molecular flexibility index (Phi) is 4.85.